The number of hydrogen-bond acceptors (Lipinski definition) is 5. The maximum absolute atomic E-state index is 13.9. The minimum Gasteiger partial charge on any atom is -0.378 e. The number of aromatic nitrogens is 2. The molecule has 0 unspecified atom stereocenters. The minimum absolute atomic E-state index is 0.0181. The molecule has 2 aliphatic rings. The van der Waals surface area contributed by atoms with Crippen LogP contribution in [0.2, 0.25) is 0 Å². The summed E-state index contributed by atoms with van der Waals surface area (Å²) in [5, 5.41) is 0. The zero-order valence-corrected chi connectivity index (χ0v) is 14.1. The highest BCUT2D eigenvalue weighted by Crippen LogP contribution is 2.31. The smallest absolute Gasteiger partial charge is 0.234 e. The number of benzene rings is 1. The van der Waals surface area contributed by atoms with Gasteiger partial charge in [-0.05, 0) is 18.6 Å². The lowest BCUT2D eigenvalue weighted by Crippen LogP contribution is -2.37. The summed E-state index contributed by atoms with van der Waals surface area (Å²) in [6.07, 6.45) is 1.98. The van der Waals surface area contributed by atoms with Crippen LogP contribution in [0, 0.1) is 11.6 Å². The highest BCUT2D eigenvalue weighted by Gasteiger charge is 2.28. The Bertz CT molecular complexity index is 840. The van der Waals surface area contributed by atoms with E-state index in [1.54, 1.807) is 12.3 Å². The van der Waals surface area contributed by atoms with Crippen LogP contribution in [-0.4, -0.2) is 48.7 Å². The Labute approximate surface area is 149 Å². The van der Waals surface area contributed by atoms with Gasteiger partial charge in [-0.3, -0.25) is 4.79 Å². The van der Waals surface area contributed by atoms with Crippen molar-refractivity contribution in [3.63, 3.8) is 0 Å². The molecule has 136 valence electrons. The molecule has 0 saturated carbocycles. The number of rotatable bonds is 3. The van der Waals surface area contributed by atoms with Crippen molar-refractivity contribution in [1.82, 2.24) is 9.97 Å². The topological polar surface area (TPSA) is 58.6 Å². The molecular weight excluding hydrogens is 342 g/mol. The van der Waals surface area contributed by atoms with Crippen molar-refractivity contribution in [3.05, 3.63) is 47.4 Å². The van der Waals surface area contributed by atoms with Crippen LogP contribution in [0.1, 0.15) is 11.4 Å². The molecule has 0 atom stereocenters. The fraction of sp³-hybridized carbons (Fsp3) is 0.389. The lowest BCUT2D eigenvalue weighted by atomic mass is 10.1. The molecule has 1 aromatic carbocycles. The molecule has 6 nitrogen and oxygen atoms in total. The third-order valence-electron chi connectivity index (χ3n) is 4.65. The summed E-state index contributed by atoms with van der Waals surface area (Å²) >= 11 is 0. The maximum atomic E-state index is 13.9. The Balaban J connectivity index is 1.51. The Morgan fingerprint density at radius 3 is 2.81 bits per heavy atom. The molecule has 8 heteroatoms. The molecule has 4 rings (SSSR count). The van der Waals surface area contributed by atoms with Gasteiger partial charge < -0.3 is 14.5 Å². The molecule has 0 spiro atoms. The van der Waals surface area contributed by atoms with Gasteiger partial charge in [0.1, 0.15) is 23.3 Å². The van der Waals surface area contributed by atoms with Gasteiger partial charge in [-0.1, -0.05) is 0 Å². The summed E-state index contributed by atoms with van der Waals surface area (Å²) in [6, 6.07) is 3.85. The number of nitrogens with zero attached hydrogens (tertiary/aromatic N) is 4. The lowest BCUT2D eigenvalue weighted by molar-refractivity contribution is -0.118. The highest BCUT2D eigenvalue weighted by molar-refractivity contribution is 5.96. The van der Waals surface area contributed by atoms with E-state index in [0.717, 1.165) is 25.0 Å². The fourth-order valence-electron chi connectivity index (χ4n) is 3.35. The number of hydrogen-bond donors (Lipinski definition) is 0. The number of morpholine rings is 1. The highest BCUT2D eigenvalue weighted by atomic mass is 19.1. The van der Waals surface area contributed by atoms with Crippen LogP contribution in [0.15, 0.2) is 24.4 Å². The second kappa shape index (κ2) is 6.95. The van der Waals surface area contributed by atoms with Gasteiger partial charge in [0.2, 0.25) is 5.91 Å². The van der Waals surface area contributed by atoms with E-state index in [1.165, 1.54) is 11.0 Å². The summed E-state index contributed by atoms with van der Waals surface area (Å²) in [6.45, 7) is 3.09. The van der Waals surface area contributed by atoms with E-state index < -0.39 is 11.6 Å². The van der Waals surface area contributed by atoms with Gasteiger partial charge in [0, 0.05) is 37.5 Å². The molecule has 3 heterocycles. The summed E-state index contributed by atoms with van der Waals surface area (Å²) in [5.74, 6) is -0.422. The average molecular weight is 360 g/mol. The third-order valence-corrected chi connectivity index (χ3v) is 4.65. The second-order valence-corrected chi connectivity index (χ2v) is 6.29. The first-order valence-corrected chi connectivity index (χ1v) is 8.55. The van der Waals surface area contributed by atoms with Gasteiger partial charge in [-0.2, -0.15) is 0 Å². The first kappa shape index (κ1) is 16.8. The summed E-state index contributed by atoms with van der Waals surface area (Å²) in [5.41, 5.74) is 0.680. The van der Waals surface area contributed by atoms with Gasteiger partial charge in [0.25, 0.3) is 0 Å². The normalized spacial score (nSPS) is 16.7. The number of carbonyl (C=O) groups is 1. The van der Waals surface area contributed by atoms with E-state index in [4.69, 9.17) is 4.74 Å². The minimum atomic E-state index is -0.688. The molecule has 1 fully saturated rings. The molecular formula is C18H18F2N4O2. The van der Waals surface area contributed by atoms with E-state index in [2.05, 4.69) is 14.9 Å². The molecule has 1 saturated heterocycles. The standard InChI is InChI=1S/C18H18F2N4O2/c19-12-9-14(20)13-2-4-24(15(13)10-12)18(25)11-16-21-3-1-17(22-16)23-5-7-26-8-6-23/h1,3,9-10H,2,4-8,11H2. The van der Waals surface area contributed by atoms with Gasteiger partial charge in [0.05, 0.1) is 25.3 Å². The van der Waals surface area contributed by atoms with Crippen molar-refractivity contribution in [2.24, 2.45) is 0 Å². The zero-order valence-electron chi connectivity index (χ0n) is 14.1. The Hall–Kier alpha value is -2.61. The molecule has 0 aliphatic carbocycles. The number of carbonyl (C=O) groups excluding carboxylic acids is 1. The van der Waals surface area contributed by atoms with Crippen LogP contribution in [0.5, 0.6) is 0 Å². The van der Waals surface area contributed by atoms with Gasteiger partial charge >= 0.3 is 0 Å². The SMILES string of the molecule is O=C(Cc1nccc(N2CCOCC2)n1)N1CCc2c(F)cc(F)cc21. The van der Waals surface area contributed by atoms with Crippen molar-refractivity contribution in [2.75, 3.05) is 42.6 Å². The molecule has 2 aliphatic heterocycles. The van der Waals surface area contributed by atoms with Crippen molar-refractivity contribution >= 4 is 17.4 Å². The van der Waals surface area contributed by atoms with Gasteiger partial charge in [-0.15, -0.1) is 0 Å². The number of fused-ring (bicyclic) bond motifs is 1. The Morgan fingerprint density at radius 1 is 1.19 bits per heavy atom. The predicted molar refractivity (Wildman–Crippen MR) is 91.2 cm³/mol. The summed E-state index contributed by atoms with van der Waals surface area (Å²) in [7, 11) is 0. The predicted octanol–water partition coefficient (Wildman–Crippen LogP) is 1.72. The monoisotopic (exact) mass is 360 g/mol. The number of halogens is 2. The quantitative estimate of drug-likeness (QED) is 0.834. The molecule has 26 heavy (non-hydrogen) atoms. The van der Waals surface area contributed by atoms with E-state index >= 15 is 0 Å². The van der Waals surface area contributed by atoms with Crippen LogP contribution in [0.25, 0.3) is 0 Å². The summed E-state index contributed by atoms with van der Waals surface area (Å²) in [4.78, 5) is 24.8. The van der Waals surface area contributed by atoms with Crippen molar-refractivity contribution < 1.29 is 18.3 Å². The molecule has 0 N–H and O–H groups in total. The molecule has 0 radical (unpaired) electrons. The number of ether oxygens (including phenoxy) is 1. The number of amides is 1. The largest absolute Gasteiger partial charge is 0.378 e. The average Bonchev–Trinajstić information content (AvgIpc) is 3.07. The number of anilines is 2. The Kier molecular flexibility index (Phi) is 4.50. The first-order valence-electron chi connectivity index (χ1n) is 8.55. The molecule has 0 bridgehead atoms. The lowest BCUT2D eigenvalue weighted by Gasteiger charge is -2.27. The molecule has 2 aromatic rings. The van der Waals surface area contributed by atoms with Crippen molar-refractivity contribution in [2.45, 2.75) is 12.8 Å². The van der Waals surface area contributed by atoms with Crippen LogP contribution in [0.3, 0.4) is 0 Å². The fourth-order valence-corrected chi connectivity index (χ4v) is 3.35. The molecule has 1 aromatic heterocycles. The van der Waals surface area contributed by atoms with Crippen molar-refractivity contribution in [1.29, 1.82) is 0 Å². The Morgan fingerprint density at radius 2 is 2.00 bits per heavy atom. The third kappa shape index (κ3) is 3.24. The zero-order chi connectivity index (χ0) is 18.1. The van der Waals surface area contributed by atoms with E-state index in [1.807, 2.05) is 0 Å². The van der Waals surface area contributed by atoms with Gasteiger partial charge in [-0.25, -0.2) is 18.7 Å². The van der Waals surface area contributed by atoms with Gasteiger partial charge in [0.15, 0.2) is 0 Å². The second-order valence-electron chi connectivity index (χ2n) is 6.29. The van der Waals surface area contributed by atoms with Crippen LogP contribution < -0.4 is 9.80 Å². The van der Waals surface area contributed by atoms with Crippen LogP contribution in [0.4, 0.5) is 20.3 Å². The first-order chi connectivity index (χ1) is 12.6. The van der Waals surface area contributed by atoms with Crippen molar-refractivity contribution in [3.8, 4) is 0 Å². The van der Waals surface area contributed by atoms with E-state index in [0.29, 0.717) is 43.3 Å². The van der Waals surface area contributed by atoms with E-state index in [9.17, 15) is 13.6 Å². The summed E-state index contributed by atoms with van der Waals surface area (Å²) < 4.78 is 32.7. The van der Waals surface area contributed by atoms with E-state index in [-0.39, 0.29) is 12.3 Å². The maximum Gasteiger partial charge on any atom is 0.234 e. The van der Waals surface area contributed by atoms with Crippen LogP contribution >= 0.6 is 0 Å². The molecule has 1 amide bonds. The van der Waals surface area contributed by atoms with Crippen LogP contribution in [-0.2, 0) is 22.4 Å².